The van der Waals surface area contributed by atoms with E-state index in [0.29, 0.717) is 50.7 Å². The summed E-state index contributed by atoms with van der Waals surface area (Å²) in [5.41, 5.74) is -0.852. The van der Waals surface area contributed by atoms with Crippen LogP contribution in [-0.4, -0.2) is 52.4 Å². The molecule has 2 saturated heterocycles. The van der Waals surface area contributed by atoms with Gasteiger partial charge in [0.25, 0.3) is 0 Å². The van der Waals surface area contributed by atoms with E-state index in [0.717, 1.165) is 30.8 Å². The second-order valence-electron chi connectivity index (χ2n) is 9.43. The van der Waals surface area contributed by atoms with E-state index in [4.69, 9.17) is 14.2 Å². The van der Waals surface area contributed by atoms with Gasteiger partial charge < -0.3 is 14.2 Å². The molecule has 2 atom stereocenters. The van der Waals surface area contributed by atoms with E-state index in [1.54, 1.807) is 0 Å². The molecular weight excluding hydrogens is 410 g/mol. The number of hydrogen-bond donors (Lipinski definition) is 0. The first-order valence-corrected chi connectivity index (χ1v) is 11.8. The van der Waals surface area contributed by atoms with Crippen molar-refractivity contribution in [3.63, 3.8) is 0 Å². The third kappa shape index (κ3) is 2.94. The zero-order valence-electron chi connectivity index (χ0n) is 15.7. The van der Waals surface area contributed by atoms with E-state index in [-0.39, 0.29) is 9.49 Å². The summed E-state index contributed by atoms with van der Waals surface area (Å²) in [4.78, 5) is 23.1. The lowest BCUT2D eigenvalue weighted by Crippen LogP contribution is -2.64. The predicted octanol–water partition coefficient (Wildman–Crippen LogP) is 4.09. The molecular formula is C19H24F2O5S2. The van der Waals surface area contributed by atoms with Gasteiger partial charge in [-0.3, -0.25) is 0 Å². The molecule has 0 amide bonds. The number of hydrogen-bond acceptors (Lipinski definition) is 7. The van der Waals surface area contributed by atoms with Crippen LogP contribution in [0, 0.1) is 23.2 Å². The molecule has 0 N–H and O–H groups in total. The van der Waals surface area contributed by atoms with Gasteiger partial charge in [0.2, 0.25) is 0 Å². The molecule has 0 aromatic carbocycles. The fraction of sp³-hybridized carbons (Fsp3) is 0.895. The largest absolute Gasteiger partial charge is 0.508 e. The average Bonchev–Trinajstić information content (AvgIpc) is 2.62. The molecule has 6 fully saturated rings. The van der Waals surface area contributed by atoms with Crippen LogP contribution in [0.2, 0.25) is 0 Å². The summed E-state index contributed by atoms with van der Waals surface area (Å²) in [6, 6.07) is 0. The number of alkyl halides is 2. The van der Waals surface area contributed by atoms with Crippen LogP contribution in [0.15, 0.2) is 0 Å². The fourth-order valence-electron chi connectivity index (χ4n) is 6.03. The highest BCUT2D eigenvalue weighted by Gasteiger charge is 2.66. The molecule has 9 heteroatoms. The Morgan fingerprint density at radius 2 is 1.68 bits per heavy atom. The normalized spacial score (nSPS) is 40.2. The van der Waals surface area contributed by atoms with Gasteiger partial charge in [-0.2, -0.15) is 8.78 Å². The molecule has 5 nitrogen and oxygen atoms in total. The lowest BCUT2D eigenvalue weighted by molar-refractivity contribution is -0.208. The lowest BCUT2D eigenvalue weighted by atomic mass is 9.53. The highest BCUT2D eigenvalue weighted by atomic mass is 32.2. The molecule has 28 heavy (non-hydrogen) atoms. The topological polar surface area (TPSA) is 61.8 Å². The molecule has 0 aromatic rings. The van der Waals surface area contributed by atoms with Crippen LogP contribution in [0.4, 0.5) is 13.6 Å². The fourth-order valence-corrected chi connectivity index (χ4v) is 10.1. The zero-order chi connectivity index (χ0) is 19.8. The van der Waals surface area contributed by atoms with Crippen LogP contribution in [-0.2, 0) is 19.0 Å². The van der Waals surface area contributed by atoms with Gasteiger partial charge in [-0.25, -0.2) is 9.59 Å². The highest BCUT2D eigenvalue weighted by molar-refractivity contribution is 8.18. The quantitative estimate of drug-likeness (QED) is 0.607. The van der Waals surface area contributed by atoms with Crippen molar-refractivity contribution in [2.75, 3.05) is 24.7 Å². The maximum atomic E-state index is 13.4. The van der Waals surface area contributed by atoms with E-state index in [9.17, 15) is 18.4 Å². The minimum Gasteiger partial charge on any atom is -0.455 e. The monoisotopic (exact) mass is 434 g/mol. The van der Waals surface area contributed by atoms with Crippen molar-refractivity contribution in [3.05, 3.63) is 0 Å². The molecule has 2 unspecified atom stereocenters. The van der Waals surface area contributed by atoms with Gasteiger partial charge in [-0.05, 0) is 49.9 Å². The molecule has 4 bridgehead atoms. The van der Waals surface area contributed by atoms with Gasteiger partial charge in [0.15, 0.2) is 0 Å². The van der Waals surface area contributed by atoms with Crippen molar-refractivity contribution >= 4 is 35.6 Å². The number of ether oxygens (including phenoxy) is 3. The molecule has 156 valence electrons. The minimum absolute atomic E-state index is 0.0499. The molecule has 2 aliphatic heterocycles. The van der Waals surface area contributed by atoms with E-state index >= 15 is 0 Å². The molecule has 2 spiro atoms. The lowest BCUT2D eigenvalue weighted by Gasteiger charge is -2.65. The minimum atomic E-state index is -3.44. The van der Waals surface area contributed by atoms with Crippen LogP contribution in [0.5, 0.6) is 0 Å². The summed E-state index contributed by atoms with van der Waals surface area (Å²) in [5.74, 6) is -1.92. The summed E-state index contributed by atoms with van der Waals surface area (Å²) in [6.07, 6.45) is 3.65. The van der Waals surface area contributed by atoms with Gasteiger partial charge in [0.1, 0.15) is 18.8 Å². The number of carbonyl (C=O) groups is 2. The Morgan fingerprint density at radius 3 is 2.21 bits per heavy atom. The van der Waals surface area contributed by atoms with Crippen molar-refractivity contribution in [3.8, 4) is 0 Å². The van der Waals surface area contributed by atoms with Crippen molar-refractivity contribution in [2.45, 2.75) is 54.6 Å². The van der Waals surface area contributed by atoms with Crippen molar-refractivity contribution in [1.82, 2.24) is 0 Å². The van der Waals surface area contributed by atoms with E-state index in [1.165, 1.54) is 0 Å². The van der Waals surface area contributed by atoms with Gasteiger partial charge >= 0.3 is 18.0 Å². The Balaban J connectivity index is 1.32. The van der Waals surface area contributed by atoms with Crippen molar-refractivity contribution in [1.29, 1.82) is 0 Å². The predicted molar refractivity (Wildman–Crippen MR) is 100 cm³/mol. The Bertz CT molecular complexity index is 671. The average molecular weight is 435 g/mol. The van der Waals surface area contributed by atoms with Gasteiger partial charge in [0, 0.05) is 18.4 Å². The second kappa shape index (κ2) is 6.15. The highest BCUT2D eigenvalue weighted by Crippen LogP contribution is 2.70. The SMILES string of the molecule is CC(F)(F)C(=O)OC12CC3CC(C1)C1(SCC4(COC(=O)OC4)CS1)C(C3)C2. The standard InChI is InChI=1S/C19H24F2O5S2/c1-16(20,21)14(22)26-18-4-11-2-12(5-18)19(13(3-11)6-18)27-9-17(10-28-19)7-24-15(23)25-8-17/h11-13H,2-10H2,1H3. The van der Waals surface area contributed by atoms with E-state index in [2.05, 4.69) is 0 Å². The summed E-state index contributed by atoms with van der Waals surface area (Å²) in [5, 5.41) is 0. The molecule has 4 saturated carbocycles. The van der Waals surface area contributed by atoms with E-state index < -0.39 is 23.6 Å². The molecule has 4 aliphatic carbocycles. The molecule has 6 aliphatic rings. The van der Waals surface area contributed by atoms with Crippen molar-refractivity contribution < 1.29 is 32.6 Å². The first kappa shape index (κ1) is 19.3. The molecule has 2 heterocycles. The summed E-state index contributed by atoms with van der Waals surface area (Å²) >= 11 is 3.87. The summed E-state index contributed by atoms with van der Waals surface area (Å²) < 4.78 is 42.7. The Kier molecular flexibility index (Phi) is 4.24. The summed E-state index contributed by atoms with van der Waals surface area (Å²) in [6.45, 7) is 1.41. The molecule has 6 rings (SSSR count). The van der Waals surface area contributed by atoms with Gasteiger partial charge in [0.05, 0.1) is 9.49 Å². The molecule has 0 aromatic heterocycles. The van der Waals surface area contributed by atoms with Crippen LogP contribution in [0.1, 0.15) is 39.0 Å². The Morgan fingerprint density at radius 1 is 1.11 bits per heavy atom. The van der Waals surface area contributed by atoms with Crippen molar-refractivity contribution in [2.24, 2.45) is 23.2 Å². The number of esters is 1. The maximum absolute atomic E-state index is 13.4. The van der Waals surface area contributed by atoms with Gasteiger partial charge in [-0.15, -0.1) is 23.5 Å². The first-order chi connectivity index (χ1) is 13.1. The van der Waals surface area contributed by atoms with Crippen LogP contribution in [0.25, 0.3) is 0 Å². The first-order valence-electron chi connectivity index (χ1n) is 9.83. The van der Waals surface area contributed by atoms with Crippen LogP contribution in [0.3, 0.4) is 0 Å². The number of rotatable bonds is 2. The number of thioether (sulfide) groups is 2. The number of carbonyl (C=O) groups excluding carboxylic acids is 2. The molecule has 0 radical (unpaired) electrons. The maximum Gasteiger partial charge on any atom is 0.508 e. The van der Waals surface area contributed by atoms with E-state index in [1.807, 2.05) is 23.5 Å². The Hall–Kier alpha value is -0.700. The Labute approximate surface area is 171 Å². The van der Waals surface area contributed by atoms with Gasteiger partial charge in [-0.1, -0.05) is 0 Å². The second-order valence-corrected chi connectivity index (χ2v) is 12.2. The zero-order valence-corrected chi connectivity index (χ0v) is 17.3. The third-order valence-electron chi connectivity index (χ3n) is 7.14. The number of halogens is 2. The smallest absolute Gasteiger partial charge is 0.455 e. The number of cyclic esters (lactones) is 2. The van der Waals surface area contributed by atoms with Crippen LogP contribution >= 0.6 is 23.5 Å². The van der Waals surface area contributed by atoms with Crippen LogP contribution < -0.4 is 0 Å². The third-order valence-corrected chi connectivity index (χ3v) is 11.6. The summed E-state index contributed by atoms with van der Waals surface area (Å²) in [7, 11) is 0.